The normalized spacial score (nSPS) is 10.4. The van der Waals surface area contributed by atoms with Gasteiger partial charge in [0.05, 0.1) is 6.26 Å². The van der Waals surface area contributed by atoms with Crippen molar-refractivity contribution in [3.63, 3.8) is 0 Å². The van der Waals surface area contributed by atoms with Crippen LogP contribution in [0.15, 0.2) is 56.0 Å². The zero-order chi connectivity index (χ0) is 17.6. The van der Waals surface area contributed by atoms with Crippen LogP contribution in [0.25, 0.3) is 11.7 Å². The van der Waals surface area contributed by atoms with E-state index >= 15 is 0 Å². The number of carbonyl (C=O) groups is 2. The third-order valence-electron chi connectivity index (χ3n) is 3.06. The van der Waals surface area contributed by atoms with Gasteiger partial charge in [-0.2, -0.15) is 0 Å². The highest BCUT2D eigenvalue weighted by Gasteiger charge is 2.13. The average Bonchev–Trinajstić information content (AvgIpc) is 3.29. The van der Waals surface area contributed by atoms with Gasteiger partial charge in [-0.1, -0.05) is 15.9 Å². The van der Waals surface area contributed by atoms with E-state index in [4.69, 9.17) is 13.6 Å². The van der Waals surface area contributed by atoms with Gasteiger partial charge in [-0.05, 0) is 36.4 Å². The van der Waals surface area contributed by atoms with Crippen molar-refractivity contribution in [2.75, 3.05) is 6.54 Å². The maximum Gasteiger partial charge on any atom is 0.325 e. The molecule has 0 aliphatic heterocycles. The SMILES string of the molecule is O=C(CNC(=O)c1ccc(Br)cc1)OCc1nnc(-c2ccco2)o1. The summed E-state index contributed by atoms with van der Waals surface area (Å²) < 4.78 is 16.3. The monoisotopic (exact) mass is 405 g/mol. The van der Waals surface area contributed by atoms with Gasteiger partial charge in [0.1, 0.15) is 6.54 Å². The van der Waals surface area contributed by atoms with E-state index in [0.29, 0.717) is 11.3 Å². The minimum atomic E-state index is -0.622. The van der Waals surface area contributed by atoms with E-state index < -0.39 is 5.97 Å². The number of benzene rings is 1. The highest BCUT2D eigenvalue weighted by Crippen LogP contribution is 2.18. The lowest BCUT2D eigenvalue weighted by molar-refractivity contribution is -0.144. The third-order valence-corrected chi connectivity index (χ3v) is 3.58. The molecule has 128 valence electrons. The van der Waals surface area contributed by atoms with Crippen molar-refractivity contribution in [1.82, 2.24) is 15.5 Å². The number of amides is 1. The van der Waals surface area contributed by atoms with E-state index in [1.165, 1.54) is 6.26 Å². The first-order valence-corrected chi connectivity index (χ1v) is 7.97. The Bertz CT molecular complexity index is 858. The molecule has 0 radical (unpaired) electrons. The number of hydrogen-bond donors (Lipinski definition) is 1. The fourth-order valence-electron chi connectivity index (χ4n) is 1.86. The van der Waals surface area contributed by atoms with Gasteiger partial charge in [0.15, 0.2) is 12.4 Å². The summed E-state index contributed by atoms with van der Waals surface area (Å²) in [5.41, 5.74) is 0.441. The summed E-state index contributed by atoms with van der Waals surface area (Å²) in [6.45, 7) is -0.464. The van der Waals surface area contributed by atoms with Crippen molar-refractivity contribution in [1.29, 1.82) is 0 Å². The largest absolute Gasteiger partial charge is 0.459 e. The van der Waals surface area contributed by atoms with Crippen molar-refractivity contribution in [3.05, 3.63) is 58.6 Å². The number of esters is 1. The van der Waals surface area contributed by atoms with Crippen LogP contribution in [-0.4, -0.2) is 28.6 Å². The van der Waals surface area contributed by atoms with Crippen LogP contribution >= 0.6 is 15.9 Å². The first-order chi connectivity index (χ1) is 12.1. The molecular weight excluding hydrogens is 394 g/mol. The van der Waals surface area contributed by atoms with Gasteiger partial charge in [0.2, 0.25) is 0 Å². The van der Waals surface area contributed by atoms with Crippen LogP contribution in [0.3, 0.4) is 0 Å². The molecule has 8 nitrogen and oxygen atoms in total. The van der Waals surface area contributed by atoms with E-state index in [1.807, 2.05) is 0 Å². The van der Waals surface area contributed by atoms with Crippen LogP contribution in [0.5, 0.6) is 0 Å². The van der Waals surface area contributed by atoms with Crippen LogP contribution in [0.1, 0.15) is 16.2 Å². The fourth-order valence-corrected chi connectivity index (χ4v) is 2.13. The lowest BCUT2D eigenvalue weighted by atomic mass is 10.2. The molecular formula is C16H12BrN3O5. The molecule has 3 rings (SSSR count). The molecule has 1 aromatic carbocycles. The van der Waals surface area contributed by atoms with E-state index in [-0.39, 0.29) is 30.8 Å². The number of carbonyl (C=O) groups excluding carboxylic acids is 2. The lowest BCUT2D eigenvalue weighted by Crippen LogP contribution is -2.30. The van der Waals surface area contributed by atoms with Crippen LogP contribution < -0.4 is 5.32 Å². The summed E-state index contributed by atoms with van der Waals surface area (Å²) in [6, 6.07) is 10.1. The summed E-state index contributed by atoms with van der Waals surface area (Å²) >= 11 is 3.28. The van der Waals surface area contributed by atoms with Gasteiger partial charge in [-0.3, -0.25) is 9.59 Å². The second-order valence-corrected chi connectivity index (χ2v) is 5.74. The Hall–Kier alpha value is -2.94. The average molecular weight is 406 g/mol. The highest BCUT2D eigenvalue weighted by molar-refractivity contribution is 9.10. The first-order valence-electron chi connectivity index (χ1n) is 7.17. The molecule has 0 unspecified atom stereocenters. The number of halogens is 1. The zero-order valence-corrected chi connectivity index (χ0v) is 14.4. The minimum Gasteiger partial charge on any atom is -0.459 e. The second kappa shape index (κ2) is 7.75. The fraction of sp³-hybridized carbons (Fsp3) is 0.125. The van der Waals surface area contributed by atoms with Gasteiger partial charge >= 0.3 is 5.97 Å². The Kier molecular flexibility index (Phi) is 5.24. The first kappa shape index (κ1) is 16.9. The van der Waals surface area contributed by atoms with Gasteiger partial charge in [0, 0.05) is 10.0 Å². The molecule has 0 saturated carbocycles. The maximum absolute atomic E-state index is 11.9. The highest BCUT2D eigenvalue weighted by atomic mass is 79.9. The van der Waals surface area contributed by atoms with Crippen molar-refractivity contribution in [3.8, 4) is 11.7 Å². The summed E-state index contributed by atoms with van der Waals surface area (Å²) in [4.78, 5) is 23.6. The van der Waals surface area contributed by atoms with Crippen molar-refractivity contribution < 1.29 is 23.2 Å². The van der Waals surface area contributed by atoms with E-state index in [9.17, 15) is 9.59 Å². The number of furan rings is 1. The Labute approximate surface area is 150 Å². The summed E-state index contributed by atoms with van der Waals surface area (Å²) in [5, 5.41) is 10.0. The van der Waals surface area contributed by atoms with Crippen LogP contribution in [0.2, 0.25) is 0 Å². The van der Waals surface area contributed by atoms with E-state index in [1.54, 1.807) is 36.4 Å². The predicted octanol–water partition coefficient (Wildman–Crippen LogP) is 2.57. The van der Waals surface area contributed by atoms with Gasteiger partial charge in [0.25, 0.3) is 17.7 Å². The third kappa shape index (κ3) is 4.54. The standard InChI is InChI=1S/C16H12BrN3O5/c17-11-5-3-10(4-6-11)15(22)18-8-14(21)24-9-13-19-20-16(25-13)12-2-1-7-23-12/h1-7H,8-9H2,(H,18,22). The van der Waals surface area contributed by atoms with E-state index in [0.717, 1.165) is 4.47 Å². The summed E-state index contributed by atoms with van der Waals surface area (Å²) in [5.74, 6) is -0.254. The number of hydrogen-bond acceptors (Lipinski definition) is 7. The minimum absolute atomic E-state index is 0.124. The molecule has 0 saturated heterocycles. The predicted molar refractivity (Wildman–Crippen MR) is 88.3 cm³/mol. The van der Waals surface area contributed by atoms with Crippen LogP contribution in [0.4, 0.5) is 0 Å². The quantitative estimate of drug-likeness (QED) is 0.627. The number of rotatable bonds is 6. The molecule has 0 aliphatic carbocycles. The number of nitrogens with one attached hydrogen (secondary N) is 1. The van der Waals surface area contributed by atoms with Gasteiger partial charge in [-0.15, -0.1) is 10.2 Å². The van der Waals surface area contributed by atoms with Crippen LogP contribution in [-0.2, 0) is 16.1 Å². The molecule has 25 heavy (non-hydrogen) atoms. The van der Waals surface area contributed by atoms with Crippen molar-refractivity contribution in [2.24, 2.45) is 0 Å². The molecule has 0 spiro atoms. The Morgan fingerprint density at radius 2 is 1.96 bits per heavy atom. The molecule has 9 heteroatoms. The van der Waals surface area contributed by atoms with Crippen LogP contribution in [0, 0.1) is 0 Å². The molecule has 1 N–H and O–H groups in total. The Morgan fingerprint density at radius 3 is 2.68 bits per heavy atom. The molecule has 0 fully saturated rings. The van der Waals surface area contributed by atoms with Crippen molar-refractivity contribution >= 4 is 27.8 Å². The topological polar surface area (TPSA) is 107 Å². The lowest BCUT2D eigenvalue weighted by Gasteiger charge is -2.05. The molecule has 0 atom stereocenters. The molecule has 0 aliphatic rings. The van der Waals surface area contributed by atoms with Gasteiger partial charge in [-0.25, -0.2) is 0 Å². The zero-order valence-electron chi connectivity index (χ0n) is 12.8. The van der Waals surface area contributed by atoms with E-state index in [2.05, 4.69) is 31.4 Å². The van der Waals surface area contributed by atoms with Crippen molar-refractivity contribution in [2.45, 2.75) is 6.61 Å². The molecule has 3 aromatic rings. The Morgan fingerprint density at radius 1 is 1.16 bits per heavy atom. The summed E-state index contributed by atoms with van der Waals surface area (Å²) in [7, 11) is 0. The number of aromatic nitrogens is 2. The molecule has 1 amide bonds. The Balaban J connectivity index is 1.45. The molecule has 0 bridgehead atoms. The molecule has 2 heterocycles. The smallest absolute Gasteiger partial charge is 0.325 e. The number of nitrogens with zero attached hydrogens (tertiary/aromatic N) is 2. The molecule has 2 aromatic heterocycles. The second-order valence-electron chi connectivity index (χ2n) is 4.83. The number of ether oxygens (including phenoxy) is 1. The van der Waals surface area contributed by atoms with Gasteiger partial charge < -0.3 is 18.9 Å². The maximum atomic E-state index is 11.9. The summed E-state index contributed by atoms with van der Waals surface area (Å²) in [6.07, 6.45) is 1.48.